The first-order valence-electron chi connectivity index (χ1n) is 8.97. The van der Waals surface area contributed by atoms with Gasteiger partial charge in [0.25, 0.3) is 0 Å². The quantitative estimate of drug-likeness (QED) is 0.359. The molecule has 2 heterocycles. The number of H-pyrrole nitrogens is 2. The van der Waals surface area contributed by atoms with E-state index in [1.165, 1.54) is 23.5 Å². The third kappa shape index (κ3) is 4.22. The number of nitrogens with zero attached hydrogens (tertiary/aromatic N) is 1. The van der Waals surface area contributed by atoms with Gasteiger partial charge in [-0.3, -0.25) is 0 Å². The number of hydrogen-bond acceptors (Lipinski definition) is 7. The van der Waals surface area contributed by atoms with Crippen molar-refractivity contribution >= 4 is 43.2 Å². The van der Waals surface area contributed by atoms with E-state index < -0.39 is 10.0 Å². The minimum absolute atomic E-state index is 0.0280. The molecule has 0 saturated carbocycles. The average Bonchev–Trinajstić information content (AvgIpc) is 3.26. The number of aromatic amines is 2. The second kappa shape index (κ2) is 7.59. The van der Waals surface area contributed by atoms with E-state index in [2.05, 4.69) is 20.3 Å². The van der Waals surface area contributed by atoms with Gasteiger partial charge in [-0.25, -0.2) is 23.3 Å². The summed E-state index contributed by atoms with van der Waals surface area (Å²) in [6.45, 7) is 3.75. The van der Waals surface area contributed by atoms with Crippen molar-refractivity contribution in [2.45, 2.75) is 24.8 Å². The molecule has 0 radical (unpaired) electrons. The third-order valence-electron chi connectivity index (χ3n) is 4.20. The first-order chi connectivity index (χ1) is 14.2. The summed E-state index contributed by atoms with van der Waals surface area (Å²) in [6, 6.07) is 9.88. The number of aromatic nitrogens is 3. The fourth-order valence-electron chi connectivity index (χ4n) is 2.91. The Morgan fingerprint density at radius 2 is 1.90 bits per heavy atom. The highest BCUT2D eigenvalue weighted by atomic mass is 32.2. The molecule has 9 nitrogen and oxygen atoms in total. The highest BCUT2D eigenvalue weighted by molar-refractivity contribution is 7.89. The number of fused-ring (bicyclic) bond motifs is 1. The molecule has 4 rings (SSSR count). The van der Waals surface area contributed by atoms with E-state index in [9.17, 15) is 13.2 Å². The van der Waals surface area contributed by atoms with Crippen molar-refractivity contribution in [2.75, 3.05) is 5.32 Å². The number of nitrogens with one attached hydrogen (secondary N) is 3. The van der Waals surface area contributed by atoms with E-state index >= 15 is 0 Å². The molecule has 0 fully saturated rings. The molecule has 0 spiro atoms. The van der Waals surface area contributed by atoms with Gasteiger partial charge in [0.15, 0.2) is 5.13 Å². The van der Waals surface area contributed by atoms with Crippen LogP contribution in [0.5, 0.6) is 5.75 Å². The van der Waals surface area contributed by atoms with E-state index in [1.807, 2.05) is 31.4 Å². The molecule has 0 aliphatic carbocycles. The Labute approximate surface area is 176 Å². The van der Waals surface area contributed by atoms with Crippen LogP contribution in [0.3, 0.4) is 0 Å². The van der Waals surface area contributed by atoms with Crippen LogP contribution in [-0.4, -0.2) is 29.5 Å². The number of anilines is 2. The molecule has 0 unspecified atom stereocenters. The minimum atomic E-state index is -3.86. The fraction of sp³-hybridized carbons (Fsp3) is 0.158. The molecule has 0 aliphatic rings. The molecule has 30 heavy (non-hydrogen) atoms. The second-order valence-corrected chi connectivity index (χ2v) is 9.29. The molecular formula is C19H19N5O4S2. The zero-order valence-electron chi connectivity index (χ0n) is 16.1. The molecule has 0 aliphatic heterocycles. The van der Waals surface area contributed by atoms with E-state index in [-0.39, 0.29) is 16.7 Å². The molecule has 0 saturated heterocycles. The predicted octanol–water partition coefficient (Wildman–Crippen LogP) is 3.16. The highest BCUT2D eigenvalue weighted by Crippen LogP contribution is 2.34. The number of sulfonamides is 1. The van der Waals surface area contributed by atoms with Crippen LogP contribution in [0.2, 0.25) is 0 Å². The summed E-state index contributed by atoms with van der Waals surface area (Å²) in [4.78, 5) is 21.4. The van der Waals surface area contributed by atoms with Crippen molar-refractivity contribution in [3.63, 3.8) is 0 Å². The van der Waals surface area contributed by atoms with Gasteiger partial charge >= 0.3 is 5.69 Å². The van der Waals surface area contributed by atoms with Crippen LogP contribution in [0.1, 0.15) is 13.8 Å². The Hall–Kier alpha value is -3.15. The van der Waals surface area contributed by atoms with Gasteiger partial charge in [0, 0.05) is 10.9 Å². The lowest BCUT2D eigenvalue weighted by molar-refractivity contribution is 0.243. The zero-order valence-corrected chi connectivity index (χ0v) is 17.7. The van der Waals surface area contributed by atoms with Gasteiger partial charge in [-0.05, 0) is 44.2 Å². The first-order valence-corrected chi connectivity index (χ1v) is 11.4. The zero-order chi connectivity index (χ0) is 21.5. The maximum Gasteiger partial charge on any atom is 0.323 e. The Morgan fingerprint density at radius 3 is 2.63 bits per heavy atom. The molecule has 2 aromatic carbocycles. The van der Waals surface area contributed by atoms with Gasteiger partial charge < -0.3 is 20.0 Å². The van der Waals surface area contributed by atoms with Crippen molar-refractivity contribution in [3.05, 3.63) is 52.3 Å². The molecule has 0 atom stereocenters. The van der Waals surface area contributed by atoms with Crippen LogP contribution in [0.4, 0.5) is 10.8 Å². The van der Waals surface area contributed by atoms with Crippen LogP contribution in [0.25, 0.3) is 22.3 Å². The molecule has 0 bridgehead atoms. The Balaban J connectivity index is 1.67. The Morgan fingerprint density at radius 1 is 1.13 bits per heavy atom. The second-order valence-electron chi connectivity index (χ2n) is 6.87. The Kier molecular flexibility index (Phi) is 5.10. The lowest BCUT2D eigenvalue weighted by atomic mass is 10.1. The van der Waals surface area contributed by atoms with Crippen molar-refractivity contribution in [2.24, 2.45) is 5.14 Å². The number of nitrogens with two attached hydrogens (primary N) is 1. The summed E-state index contributed by atoms with van der Waals surface area (Å²) in [5.74, 6) is 0.487. The molecule has 0 amide bonds. The van der Waals surface area contributed by atoms with Gasteiger partial charge in [-0.15, -0.1) is 11.3 Å². The minimum Gasteiger partial charge on any atom is -0.489 e. The number of benzene rings is 2. The summed E-state index contributed by atoms with van der Waals surface area (Å²) >= 11 is 1.35. The van der Waals surface area contributed by atoms with E-state index in [1.54, 1.807) is 12.1 Å². The number of rotatable bonds is 6. The van der Waals surface area contributed by atoms with E-state index in [0.29, 0.717) is 33.3 Å². The topological polar surface area (TPSA) is 143 Å². The van der Waals surface area contributed by atoms with Crippen LogP contribution in [0, 0.1) is 0 Å². The van der Waals surface area contributed by atoms with Crippen LogP contribution >= 0.6 is 11.3 Å². The van der Waals surface area contributed by atoms with Crippen LogP contribution < -0.4 is 20.9 Å². The van der Waals surface area contributed by atoms with Gasteiger partial charge in [-0.2, -0.15) is 0 Å². The number of imidazole rings is 1. The predicted molar refractivity (Wildman–Crippen MR) is 117 cm³/mol. The van der Waals surface area contributed by atoms with Gasteiger partial charge in [-0.1, -0.05) is 6.07 Å². The largest absolute Gasteiger partial charge is 0.489 e. The van der Waals surface area contributed by atoms with Crippen LogP contribution in [-0.2, 0) is 10.0 Å². The lowest BCUT2D eigenvalue weighted by Gasteiger charge is -2.15. The lowest BCUT2D eigenvalue weighted by Crippen LogP contribution is -2.13. The summed E-state index contributed by atoms with van der Waals surface area (Å²) < 4.78 is 29.2. The van der Waals surface area contributed by atoms with E-state index in [4.69, 9.17) is 9.88 Å². The van der Waals surface area contributed by atoms with Crippen molar-refractivity contribution in [3.8, 4) is 17.0 Å². The monoisotopic (exact) mass is 445 g/mol. The summed E-state index contributed by atoms with van der Waals surface area (Å²) in [5, 5.41) is 10.8. The first kappa shape index (κ1) is 20.1. The van der Waals surface area contributed by atoms with Gasteiger partial charge in [0.1, 0.15) is 5.75 Å². The van der Waals surface area contributed by atoms with Gasteiger partial charge in [0.2, 0.25) is 10.0 Å². The normalized spacial score (nSPS) is 11.9. The summed E-state index contributed by atoms with van der Waals surface area (Å²) in [6.07, 6.45) is -0.104. The highest BCUT2D eigenvalue weighted by Gasteiger charge is 2.15. The smallest absolute Gasteiger partial charge is 0.323 e. The van der Waals surface area contributed by atoms with Crippen molar-refractivity contribution in [1.82, 2.24) is 15.0 Å². The summed E-state index contributed by atoms with van der Waals surface area (Å²) in [5.41, 5.74) is 3.12. The third-order valence-corrected chi connectivity index (χ3v) is 5.87. The van der Waals surface area contributed by atoms with Crippen molar-refractivity contribution in [1.29, 1.82) is 0 Å². The number of hydrogen-bond donors (Lipinski definition) is 4. The maximum absolute atomic E-state index is 11.7. The SMILES string of the molecule is CC(C)Oc1ccc(S(N)(=O)=O)cc1Nc1nc(-c2ccc3[nH]c(=O)[nH]c3c2)cs1. The fourth-order valence-corrected chi connectivity index (χ4v) is 4.18. The molecule has 2 aromatic heterocycles. The standard InChI is InChI=1S/C19H19N5O4S2/c1-10(2)28-17-6-4-12(30(20,26)27)8-15(17)23-19-24-16(9-29-19)11-3-5-13-14(7-11)22-18(25)21-13/h3-10H,1-2H3,(H,23,24)(H2,20,26,27)(H2,21,22,25). The summed E-state index contributed by atoms with van der Waals surface area (Å²) in [7, 11) is -3.86. The van der Waals surface area contributed by atoms with Crippen molar-refractivity contribution < 1.29 is 13.2 Å². The van der Waals surface area contributed by atoms with Crippen LogP contribution in [0.15, 0.2) is 51.5 Å². The Bertz CT molecular complexity index is 1390. The maximum atomic E-state index is 11.7. The molecule has 5 N–H and O–H groups in total. The number of ether oxygens (including phenoxy) is 1. The molecular weight excluding hydrogens is 426 g/mol. The molecule has 156 valence electrons. The average molecular weight is 446 g/mol. The van der Waals surface area contributed by atoms with Gasteiger partial charge in [0.05, 0.1) is 33.4 Å². The molecule has 11 heteroatoms. The van der Waals surface area contributed by atoms with E-state index in [0.717, 1.165) is 5.56 Å². The number of thiazole rings is 1. The number of primary sulfonamides is 1. The molecule has 4 aromatic rings.